The Morgan fingerprint density at radius 2 is 1.93 bits per heavy atom. The number of aromatic nitrogens is 3. The molecule has 27 heavy (non-hydrogen) atoms. The third kappa shape index (κ3) is 4.83. The van der Waals surface area contributed by atoms with Gasteiger partial charge in [-0.2, -0.15) is 0 Å². The van der Waals surface area contributed by atoms with Crippen molar-refractivity contribution >= 4 is 29.1 Å². The van der Waals surface area contributed by atoms with Gasteiger partial charge in [-0.3, -0.25) is 14.0 Å². The highest BCUT2D eigenvalue weighted by atomic mass is 35.5. The van der Waals surface area contributed by atoms with Crippen LogP contribution in [0.25, 0.3) is 5.65 Å². The van der Waals surface area contributed by atoms with Crippen LogP contribution in [0.15, 0.2) is 48.7 Å². The maximum Gasteiger partial charge on any atom is 0.251 e. The molecule has 0 saturated heterocycles. The SMILES string of the molecule is CC(NC(=O)CCCNC(=O)c1ccc(Cl)cc1)c1nnc2ccccn12. The fourth-order valence-electron chi connectivity index (χ4n) is 2.69. The fourth-order valence-corrected chi connectivity index (χ4v) is 2.81. The molecule has 2 aromatic heterocycles. The Morgan fingerprint density at radius 3 is 2.70 bits per heavy atom. The summed E-state index contributed by atoms with van der Waals surface area (Å²) < 4.78 is 1.84. The Labute approximate surface area is 161 Å². The van der Waals surface area contributed by atoms with Crippen LogP contribution < -0.4 is 10.6 Å². The lowest BCUT2D eigenvalue weighted by atomic mass is 10.2. The highest BCUT2D eigenvalue weighted by Gasteiger charge is 2.15. The summed E-state index contributed by atoms with van der Waals surface area (Å²) in [6, 6.07) is 12.0. The van der Waals surface area contributed by atoms with E-state index in [1.54, 1.807) is 24.3 Å². The molecule has 8 heteroatoms. The predicted octanol–water partition coefficient (Wildman–Crippen LogP) is 2.77. The molecule has 0 saturated carbocycles. The molecule has 1 aromatic carbocycles. The lowest BCUT2D eigenvalue weighted by Crippen LogP contribution is -2.29. The lowest BCUT2D eigenvalue weighted by molar-refractivity contribution is -0.121. The van der Waals surface area contributed by atoms with Gasteiger partial charge in [0, 0.05) is 29.7 Å². The van der Waals surface area contributed by atoms with E-state index in [1.165, 1.54) is 0 Å². The third-order valence-corrected chi connectivity index (χ3v) is 4.33. The zero-order chi connectivity index (χ0) is 19.2. The molecule has 0 aliphatic rings. The van der Waals surface area contributed by atoms with Gasteiger partial charge >= 0.3 is 0 Å². The number of carbonyl (C=O) groups excluding carboxylic acids is 2. The molecule has 0 aliphatic carbocycles. The van der Waals surface area contributed by atoms with Crippen molar-refractivity contribution in [3.05, 3.63) is 65.1 Å². The van der Waals surface area contributed by atoms with E-state index in [1.807, 2.05) is 35.7 Å². The molecule has 140 valence electrons. The number of fused-ring (bicyclic) bond motifs is 1. The van der Waals surface area contributed by atoms with Crippen LogP contribution in [0.1, 0.15) is 42.0 Å². The Kier molecular flexibility index (Phi) is 6.03. The number of carbonyl (C=O) groups is 2. The van der Waals surface area contributed by atoms with E-state index < -0.39 is 0 Å². The summed E-state index contributed by atoms with van der Waals surface area (Å²) >= 11 is 5.80. The summed E-state index contributed by atoms with van der Waals surface area (Å²) in [6.07, 6.45) is 2.71. The Morgan fingerprint density at radius 1 is 1.15 bits per heavy atom. The topological polar surface area (TPSA) is 88.4 Å². The molecule has 3 rings (SSSR count). The van der Waals surface area contributed by atoms with Crippen molar-refractivity contribution in [3.8, 4) is 0 Å². The standard InChI is InChI=1S/C19H20ClN5O2/c1-13(18-24-23-16-5-2-3-12-25(16)18)22-17(26)6-4-11-21-19(27)14-7-9-15(20)10-8-14/h2-3,5,7-10,12-13H,4,6,11H2,1H3,(H,21,27)(H,22,26). The van der Waals surface area contributed by atoms with Gasteiger partial charge < -0.3 is 10.6 Å². The maximum absolute atomic E-state index is 12.1. The van der Waals surface area contributed by atoms with Crippen LogP contribution in [0.4, 0.5) is 0 Å². The van der Waals surface area contributed by atoms with E-state index in [9.17, 15) is 9.59 Å². The molecular formula is C19H20ClN5O2. The van der Waals surface area contributed by atoms with E-state index in [-0.39, 0.29) is 17.9 Å². The second-order valence-electron chi connectivity index (χ2n) is 6.14. The Balaban J connectivity index is 1.43. The number of halogens is 1. The summed E-state index contributed by atoms with van der Waals surface area (Å²) in [5.41, 5.74) is 1.27. The first-order valence-corrected chi connectivity index (χ1v) is 9.05. The zero-order valence-corrected chi connectivity index (χ0v) is 15.6. The first-order chi connectivity index (χ1) is 13.0. The minimum Gasteiger partial charge on any atom is -0.352 e. The van der Waals surface area contributed by atoms with Crippen LogP contribution in [0, 0.1) is 0 Å². The van der Waals surface area contributed by atoms with Crippen LogP contribution in [-0.2, 0) is 4.79 Å². The van der Waals surface area contributed by atoms with Gasteiger partial charge in [0.25, 0.3) is 5.91 Å². The quantitative estimate of drug-likeness (QED) is 0.612. The van der Waals surface area contributed by atoms with Crippen molar-refractivity contribution in [2.75, 3.05) is 6.54 Å². The summed E-state index contributed by atoms with van der Waals surface area (Å²) in [6.45, 7) is 2.28. The molecule has 2 N–H and O–H groups in total. The van der Waals surface area contributed by atoms with Gasteiger partial charge in [-0.1, -0.05) is 17.7 Å². The minimum absolute atomic E-state index is 0.101. The van der Waals surface area contributed by atoms with Crippen molar-refractivity contribution in [2.45, 2.75) is 25.8 Å². The molecule has 2 amide bonds. The Hall–Kier alpha value is -2.93. The number of amides is 2. The van der Waals surface area contributed by atoms with Crippen molar-refractivity contribution in [2.24, 2.45) is 0 Å². The van der Waals surface area contributed by atoms with Gasteiger partial charge in [-0.25, -0.2) is 0 Å². The highest BCUT2D eigenvalue weighted by molar-refractivity contribution is 6.30. The molecule has 7 nitrogen and oxygen atoms in total. The molecule has 0 spiro atoms. The maximum atomic E-state index is 12.1. The van der Waals surface area contributed by atoms with Crippen LogP contribution in [-0.4, -0.2) is 33.0 Å². The van der Waals surface area contributed by atoms with E-state index in [2.05, 4.69) is 20.8 Å². The summed E-state index contributed by atoms with van der Waals surface area (Å²) in [5.74, 6) is 0.390. The van der Waals surface area contributed by atoms with Crippen LogP contribution in [0.3, 0.4) is 0 Å². The van der Waals surface area contributed by atoms with E-state index in [4.69, 9.17) is 11.6 Å². The summed E-state index contributed by atoms with van der Waals surface area (Å²) in [5, 5.41) is 14.5. The number of benzene rings is 1. The molecular weight excluding hydrogens is 366 g/mol. The average Bonchev–Trinajstić information content (AvgIpc) is 3.10. The van der Waals surface area contributed by atoms with Gasteiger partial charge in [0.1, 0.15) is 0 Å². The van der Waals surface area contributed by atoms with Gasteiger partial charge in [-0.15, -0.1) is 10.2 Å². The highest BCUT2D eigenvalue weighted by Crippen LogP contribution is 2.12. The van der Waals surface area contributed by atoms with Crippen molar-refractivity contribution in [3.63, 3.8) is 0 Å². The van der Waals surface area contributed by atoms with Gasteiger partial charge in [0.15, 0.2) is 11.5 Å². The number of hydrogen-bond acceptors (Lipinski definition) is 4. The van der Waals surface area contributed by atoms with Gasteiger partial charge in [-0.05, 0) is 49.7 Å². The van der Waals surface area contributed by atoms with Crippen molar-refractivity contribution in [1.82, 2.24) is 25.2 Å². The molecule has 0 fully saturated rings. The molecule has 0 bridgehead atoms. The Bertz CT molecular complexity index is 939. The number of rotatable bonds is 7. The molecule has 2 heterocycles. The zero-order valence-electron chi connectivity index (χ0n) is 14.9. The first kappa shape index (κ1) is 18.8. The van der Waals surface area contributed by atoms with Crippen molar-refractivity contribution in [1.29, 1.82) is 0 Å². The van der Waals surface area contributed by atoms with E-state index in [0.29, 0.717) is 35.8 Å². The second-order valence-corrected chi connectivity index (χ2v) is 6.58. The largest absolute Gasteiger partial charge is 0.352 e. The number of nitrogens with one attached hydrogen (secondary N) is 2. The van der Waals surface area contributed by atoms with Crippen molar-refractivity contribution < 1.29 is 9.59 Å². The number of hydrogen-bond donors (Lipinski definition) is 2. The first-order valence-electron chi connectivity index (χ1n) is 8.67. The predicted molar refractivity (Wildman–Crippen MR) is 103 cm³/mol. The second kappa shape index (κ2) is 8.64. The normalized spacial score (nSPS) is 11.9. The minimum atomic E-state index is -0.265. The molecule has 1 unspecified atom stereocenters. The monoisotopic (exact) mass is 385 g/mol. The fraction of sp³-hybridized carbons (Fsp3) is 0.263. The molecule has 0 aliphatic heterocycles. The average molecular weight is 386 g/mol. The van der Waals surface area contributed by atoms with Crippen LogP contribution >= 0.6 is 11.6 Å². The summed E-state index contributed by atoms with van der Waals surface area (Å²) in [7, 11) is 0. The summed E-state index contributed by atoms with van der Waals surface area (Å²) in [4.78, 5) is 24.1. The van der Waals surface area contributed by atoms with Crippen LogP contribution in [0.2, 0.25) is 5.02 Å². The van der Waals surface area contributed by atoms with Crippen LogP contribution in [0.5, 0.6) is 0 Å². The number of pyridine rings is 1. The number of nitrogens with zero attached hydrogens (tertiary/aromatic N) is 3. The molecule has 3 aromatic rings. The lowest BCUT2D eigenvalue weighted by Gasteiger charge is -2.12. The van der Waals surface area contributed by atoms with E-state index >= 15 is 0 Å². The van der Waals surface area contributed by atoms with Gasteiger partial charge in [0.2, 0.25) is 5.91 Å². The van der Waals surface area contributed by atoms with E-state index in [0.717, 1.165) is 5.65 Å². The third-order valence-electron chi connectivity index (χ3n) is 4.08. The molecule has 0 radical (unpaired) electrons. The van der Waals surface area contributed by atoms with Gasteiger partial charge in [0.05, 0.1) is 6.04 Å². The molecule has 1 atom stereocenters. The smallest absolute Gasteiger partial charge is 0.251 e.